The molecular formula is C23H21BrN2O8S. The first-order valence-corrected chi connectivity index (χ1v) is 11.9. The van der Waals surface area contributed by atoms with Crippen LogP contribution in [0.15, 0.2) is 45.8 Å². The van der Waals surface area contributed by atoms with Crippen LogP contribution >= 0.6 is 27.7 Å². The number of ether oxygens (including phenoxy) is 3. The maximum atomic E-state index is 12.8. The van der Waals surface area contributed by atoms with Crippen LogP contribution in [0.2, 0.25) is 0 Å². The Balaban J connectivity index is 1.79. The van der Waals surface area contributed by atoms with Gasteiger partial charge in [-0.05, 0) is 83.0 Å². The highest BCUT2D eigenvalue weighted by Crippen LogP contribution is 2.40. The van der Waals surface area contributed by atoms with Crippen LogP contribution in [0.1, 0.15) is 25.0 Å². The van der Waals surface area contributed by atoms with Crippen LogP contribution in [0, 0.1) is 10.1 Å². The SMILES string of the molecule is CCOC(=O)[C@@H](C)N1C(=O)S/C(=C/c2cc(Br)c(OCc3ccc([N+](=O)[O-])cc3)c(OC)c2)C1=O. The Kier molecular flexibility index (Phi) is 8.52. The summed E-state index contributed by atoms with van der Waals surface area (Å²) in [6.07, 6.45) is 1.52. The van der Waals surface area contributed by atoms with Crippen molar-refractivity contribution in [1.82, 2.24) is 4.90 Å². The molecule has 2 aromatic carbocycles. The van der Waals surface area contributed by atoms with Crippen molar-refractivity contribution in [3.8, 4) is 11.5 Å². The third-order valence-electron chi connectivity index (χ3n) is 4.92. The lowest BCUT2D eigenvalue weighted by molar-refractivity contribution is -0.384. The van der Waals surface area contributed by atoms with Gasteiger partial charge in [0.05, 0.1) is 28.0 Å². The van der Waals surface area contributed by atoms with Gasteiger partial charge in [0.2, 0.25) is 0 Å². The van der Waals surface area contributed by atoms with Gasteiger partial charge in [-0.25, -0.2) is 4.79 Å². The minimum Gasteiger partial charge on any atom is -0.493 e. The van der Waals surface area contributed by atoms with Crippen molar-refractivity contribution in [2.45, 2.75) is 26.5 Å². The second-order valence-electron chi connectivity index (χ2n) is 7.23. The summed E-state index contributed by atoms with van der Waals surface area (Å²) < 4.78 is 16.7. The van der Waals surface area contributed by atoms with Gasteiger partial charge in [0, 0.05) is 12.1 Å². The number of nitro groups is 1. The van der Waals surface area contributed by atoms with Crippen LogP contribution in [-0.2, 0) is 20.9 Å². The van der Waals surface area contributed by atoms with Gasteiger partial charge in [0.15, 0.2) is 11.5 Å². The summed E-state index contributed by atoms with van der Waals surface area (Å²) >= 11 is 4.17. The first-order valence-electron chi connectivity index (χ1n) is 10.3. The zero-order chi connectivity index (χ0) is 25.7. The Hall–Kier alpha value is -3.38. The minimum absolute atomic E-state index is 0.0158. The molecule has 2 aromatic rings. The summed E-state index contributed by atoms with van der Waals surface area (Å²) in [5.41, 5.74) is 1.27. The number of halogens is 1. The summed E-state index contributed by atoms with van der Waals surface area (Å²) in [5.74, 6) is -0.483. The van der Waals surface area contributed by atoms with E-state index in [9.17, 15) is 24.5 Å². The molecule has 1 fully saturated rings. The number of rotatable bonds is 9. The number of benzene rings is 2. The van der Waals surface area contributed by atoms with E-state index in [4.69, 9.17) is 14.2 Å². The quantitative estimate of drug-likeness (QED) is 0.180. The lowest BCUT2D eigenvalue weighted by Gasteiger charge is -2.19. The molecule has 12 heteroatoms. The molecule has 2 amide bonds. The summed E-state index contributed by atoms with van der Waals surface area (Å²) in [6.45, 7) is 3.36. The third kappa shape index (κ3) is 6.01. The van der Waals surface area contributed by atoms with Crippen molar-refractivity contribution in [2.24, 2.45) is 0 Å². The van der Waals surface area contributed by atoms with Crippen LogP contribution in [0.25, 0.3) is 6.08 Å². The van der Waals surface area contributed by atoms with Gasteiger partial charge >= 0.3 is 5.97 Å². The highest BCUT2D eigenvalue weighted by Gasteiger charge is 2.41. The Morgan fingerprint density at radius 2 is 1.94 bits per heavy atom. The largest absolute Gasteiger partial charge is 0.493 e. The van der Waals surface area contributed by atoms with E-state index in [1.54, 1.807) is 31.2 Å². The van der Waals surface area contributed by atoms with Crippen LogP contribution in [0.5, 0.6) is 11.5 Å². The van der Waals surface area contributed by atoms with Gasteiger partial charge in [-0.1, -0.05) is 0 Å². The molecule has 184 valence electrons. The fraction of sp³-hybridized carbons (Fsp3) is 0.261. The average Bonchev–Trinajstić information content (AvgIpc) is 3.10. The van der Waals surface area contributed by atoms with Gasteiger partial charge < -0.3 is 14.2 Å². The Morgan fingerprint density at radius 3 is 2.54 bits per heavy atom. The number of hydrogen-bond donors (Lipinski definition) is 0. The molecule has 0 radical (unpaired) electrons. The van der Waals surface area contributed by atoms with Crippen LogP contribution < -0.4 is 9.47 Å². The van der Waals surface area contributed by atoms with E-state index >= 15 is 0 Å². The van der Waals surface area contributed by atoms with Crippen molar-refractivity contribution in [2.75, 3.05) is 13.7 Å². The molecular weight excluding hydrogens is 544 g/mol. The summed E-state index contributed by atoms with van der Waals surface area (Å²) in [7, 11) is 1.46. The van der Waals surface area contributed by atoms with Crippen LogP contribution in [-0.4, -0.2) is 46.7 Å². The fourth-order valence-corrected chi connectivity index (χ4v) is 4.65. The molecule has 0 saturated carbocycles. The monoisotopic (exact) mass is 564 g/mol. The number of methoxy groups -OCH3 is 1. The number of non-ortho nitro benzene ring substituents is 1. The molecule has 3 rings (SSSR count). The number of imide groups is 1. The lowest BCUT2D eigenvalue weighted by atomic mass is 10.1. The molecule has 1 saturated heterocycles. The van der Waals surface area contributed by atoms with Crippen molar-refractivity contribution in [1.29, 1.82) is 0 Å². The Morgan fingerprint density at radius 1 is 1.26 bits per heavy atom. The Bertz CT molecular complexity index is 1200. The van der Waals surface area contributed by atoms with E-state index in [0.29, 0.717) is 21.5 Å². The fourth-order valence-electron chi connectivity index (χ4n) is 3.17. The van der Waals surface area contributed by atoms with Crippen molar-refractivity contribution in [3.63, 3.8) is 0 Å². The van der Waals surface area contributed by atoms with E-state index in [-0.39, 0.29) is 23.8 Å². The number of amides is 2. The maximum Gasteiger partial charge on any atom is 0.329 e. The maximum absolute atomic E-state index is 12.8. The molecule has 1 aliphatic rings. The first kappa shape index (κ1) is 26.2. The van der Waals surface area contributed by atoms with Crippen molar-refractivity contribution in [3.05, 3.63) is 67.0 Å². The van der Waals surface area contributed by atoms with E-state index < -0.39 is 28.1 Å². The molecule has 1 atom stereocenters. The van der Waals surface area contributed by atoms with Gasteiger partial charge in [-0.3, -0.25) is 24.6 Å². The van der Waals surface area contributed by atoms with E-state index in [0.717, 1.165) is 22.2 Å². The number of nitro benzene ring substituents is 1. The van der Waals surface area contributed by atoms with Gasteiger partial charge in [0.25, 0.3) is 16.8 Å². The number of thioether (sulfide) groups is 1. The second-order valence-corrected chi connectivity index (χ2v) is 9.07. The Labute approximate surface area is 213 Å². The summed E-state index contributed by atoms with van der Waals surface area (Å²) in [5, 5.41) is 10.2. The number of carbonyl (C=O) groups excluding carboxylic acids is 3. The minimum atomic E-state index is -1.04. The molecule has 1 heterocycles. The zero-order valence-corrected chi connectivity index (χ0v) is 21.4. The standard InChI is InChI=1S/C23H21BrN2O8S/c1-4-33-22(28)13(2)25-21(27)19(35-23(25)29)11-15-9-17(24)20(18(10-15)32-3)34-12-14-5-7-16(8-6-14)26(30)31/h5-11,13H,4,12H2,1-3H3/b19-11+/t13-/m1/s1. The van der Waals surface area contributed by atoms with Crippen LogP contribution in [0.4, 0.5) is 10.5 Å². The highest BCUT2D eigenvalue weighted by molar-refractivity contribution is 9.10. The number of hydrogen-bond acceptors (Lipinski definition) is 9. The summed E-state index contributed by atoms with van der Waals surface area (Å²) in [4.78, 5) is 48.5. The van der Waals surface area contributed by atoms with Crippen LogP contribution in [0.3, 0.4) is 0 Å². The zero-order valence-electron chi connectivity index (χ0n) is 19.0. The van der Waals surface area contributed by atoms with E-state index in [1.807, 2.05) is 0 Å². The predicted molar refractivity (Wildman–Crippen MR) is 132 cm³/mol. The molecule has 0 aromatic heterocycles. The highest BCUT2D eigenvalue weighted by atomic mass is 79.9. The summed E-state index contributed by atoms with van der Waals surface area (Å²) in [6, 6.07) is 8.27. The predicted octanol–water partition coefficient (Wildman–Crippen LogP) is 4.93. The molecule has 0 aliphatic carbocycles. The van der Waals surface area contributed by atoms with Gasteiger partial charge in [0.1, 0.15) is 12.6 Å². The first-order chi connectivity index (χ1) is 16.7. The second kappa shape index (κ2) is 11.4. The van der Waals surface area contributed by atoms with Gasteiger partial charge in [-0.2, -0.15) is 0 Å². The molecule has 35 heavy (non-hydrogen) atoms. The van der Waals surface area contributed by atoms with E-state index in [2.05, 4.69) is 15.9 Å². The van der Waals surface area contributed by atoms with Gasteiger partial charge in [-0.15, -0.1) is 0 Å². The third-order valence-corrected chi connectivity index (χ3v) is 6.39. The molecule has 10 nitrogen and oxygen atoms in total. The molecule has 1 aliphatic heterocycles. The average molecular weight is 565 g/mol. The molecule has 0 bridgehead atoms. The topological polar surface area (TPSA) is 125 Å². The smallest absolute Gasteiger partial charge is 0.329 e. The normalized spacial score (nSPS) is 15.3. The lowest BCUT2D eigenvalue weighted by Crippen LogP contribution is -2.42. The number of nitrogens with zero attached hydrogens (tertiary/aromatic N) is 2. The van der Waals surface area contributed by atoms with Crippen molar-refractivity contribution >= 4 is 56.6 Å². The number of esters is 1. The van der Waals surface area contributed by atoms with E-state index in [1.165, 1.54) is 32.2 Å². The number of carbonyl (C=O) groups is 3. The van der Waals surface area contributed by atoms with Crippen molar-refractivity contribution < 1.29 is 33.5 Å². The molecule has 0 N–H and O–H groups in total. The molecule has 0 spiro atoms. The molecule has 0 unspecified atom stereocenters.